The molecule has 1 aromatic carbocycles. The van der Waals surface area contributed by atoms with Crippen molar-refractivity contribution in [2.45, 2.75) is 30.0 Å². The van der Waals surface area contributed by atoms with Gasteiger partial charge in [0.1, 0.15) is 0 Å². The molecular formula is C11H12BrCl3. The monoisotopic (exact) mass is 328 g/mol. The molecule has 0 aromatic heterocycles. The van der Waals surface area contributed by atoms with Crippen LogP contribution < -0.4 is 0 Å². The minimum atomic E-state index is -1.19. The van der Waals surface area contributed by atoms with E-state index in [-0.39, 0.29) is 5.92 Å². The zero-order chi connectivity index (χ0) is 11.6. The third-order valence-electron chi connectivity index (χ3n) is 2.38. The van der Waals surface area contributed by atoms with Crippen LogP contribution in [0.15, 0.2) is 22.7 Å². The van der Waals surface area contributed by atoms with E-state index in [0.717, 1.165) is 4.47 Å². The maximum absolute atomic E-state index is 5.79. The van der Waals surface area contributed by atoms with Gasteiger partial charge in [-0.15, -0.1) is 0 Å². The summed E-state index contributed by atoms with van der Waals surface area (Å²) in [5.74, 6) is 0.231. The lowest BCUT2D eigenvalue weighted by Gasteiger charge is -2.19. The van der Waals surface area contributed by atoms with E-state index in [1.54, 1.807) is 0 Å². The van der Waals surface area contributed by atoms with Gasteiger partial charge >= 0.3 is 0 Å². The van der Waals surface area contributed by atoms with Gasteiger partial charge in [-0.1, -0.05) is 69.8 Å². The van der Waals surface area contributed by atoms with E-state index in [1.807, 2.05) is 12.1 Å². The van der Waals surface area contributed by atoms with Gasteiger partial charge in [-0.3, -0.25) is 0 Å². The average Bonchev–Trinajstić information content (AvgIpc) is 2.06. The van der Waals surface area contributed by atoms with Crippen LogP contribution in [0.2, 0.25) is 0 Å². The highest BCUT2D eigenvalue weighted by Crippen LogP contribution is 2.38. The van der Waals surface area contributed by atoms with Crippen LogP contribution in [0.3, 0.4) is 0 Å². The Bertz CT molecular complexity index is 344. The lowest BCUT2D eigenvalue weighted by molar-refractivity contribution is 0.690. The lowest BCUT2D eigenvalue weighted by Crippen LogP contribution is -2.09. The largest absolute Gasteiger partial charge is 0.191 e. The number of hydrogen-bond donors (Lipinski definition) is 0. The molecule has 84 valence electrons. The smallest absolute Gasteiger partial charge is 0.0837 e. The fourth-order valence-corrected chi connectivity index (χ4v) is 2.69. The Hall–Kier alpha value is 0.570. The van der Waals surface area contributed by atoms with Crippen LogP contribution in [0.5, 0.6) is 0 Å². The molecule has 15 heavy (non-hydrogen) atoms. The minimum Gasteiger partial charge on any atom is -0.0837 e. The first kappa shape index (κ1) is 13.6. The number of rotatable bonds is 2. The predicted octanol–water partition coefficient (Wildman–Crippen LogP) is 5.62. The highest BCUT2D eigenvalue weighted by atomic mass is 79.9. The number of hydrogen-bond acceptors (Lipinski definition) is 0. The molecule has 0 N–H and O–H groups in total. The molecule has 0 nitrogen and oxygen atoms in total. The van der Waals surface area contributed by atoms with Crippen molar-refractivity contribution in [3.63, 3.8) is 0 Å². The molecule has 0 radical (unpaired) electrons. The third kappa shape index (κ3) is 4.14. The molecule has 0 spiro atoms. The molecule has 0 saturated heterocycles. The Morgan fingerprint density at radius 2 is 1.93 bits per heavy atom. The highest BCUT2D eigenvalue weighted by molar-refractivity contribution is 9.10. The SMILES string of the molecule is Cc1c(Br)cccc1C(C)CC(Cl)(Cl)Cl. The Kier molecular flexibility index (Phi) is 4.79. The van der Waals surface area contributed by atoms with Gasteiger partial charge in [-0.2, -0.15) is 0 Å². The van der Waals surface area contributed by atoms with Crippen molar-refractivity contribution in [1.82, 2.24) is 0 Å². The zero-order valence-electron chi connectivity index (χ0n) is 8.53. The van der Waals surface area contributed by atoms with Crippen molar-refractivity contribution < 1.29 is 0 Å². The molecule has 1 rings (SSSR count). The van der Waals surface area contributed by atoms with Crippen LogP contribution in [-0.4, -0.2) is 3.79 Å². The lowest BCUT2D eigenvalue weighted by atomic mass is 9.94. The Morgan fingerprint density at radius 3 is 2.47 bits per heavy atom. The molecule has 1 aromatic rings. The fraction of sp³-hybridized carbons (Fsp3) is 0.455. The molecule has 0 fully saturated rings. The molecule has 0 amide bonds. The van der Waals surface area contributed by atoms with Crippen LogP contribution in [0.25, 0.3) is 0 Å². The predicted molar refractivity (Wildman–Crippen MR) is 72.2 cm³/mol. The van der Waals surface area contributed by atoms with Crippen LogP contribution in [0.4, 0.5) is 0 Å². The van der Waals surface area contributed by atoms with Crippen LogP contribution in [0, 0.1) is 6.92 Å². The Balaban J connectivity index is 2.92. The molecule has 0 bridgehead atoms. The van der Waals surface area contributed by atoms with Crippen LogP contribution in [-0.2, 0) is 0 Å². The van der Waals surface area contributed by atoms with E-state index < -0.39 is 3.79 Å². The van der Waals surface area contributed by atoms with Gasteiger partial charge < -0.3 is 0 Å². The maximum Gasteiger partial charge on any atom is 0.191 e. The van der Waals surface area contributed by atoms with E-state index in [0.29, 0.717) is 6.42 Å². The molecule has 0 aliphatic carbocycles. The summed E-state index contributed by atoms with van der Waals surface area (Å²) in [5, 5.41) is 0. The molecule has 1 atom stereocenters. The Morgan fingerprint density at radius 1 is 1.33 bits per heavy atom. The summed E-state index contributed by atoms with van der Waals surface area (Å²) < 4.78 is -0.0927. The summed E-state index contributed by atoms with van der Waals surface area (Å²) in [6.07, 6.45) is 0.523. The van der Waals surface area contributed by atoms with Gasteiger partial charge in [0.15, 0.2) is 3.79 Å². The average molecular weight is 330 g/mol. The second-order valence-corrected chi connectivity index (χ2v) is 7.04. The van der Waals surface area contributed by atoms with Gasteiger partial charge in [0.25, 0.3) is 0 Å². The first-order valence-electron chi connectivity index (χ1n) is 4.63. The third-order valence-corrected chi connectivity index (χ3v) is 3.70. The number of halogens is 4. The summed E-state index contributed by atoms with van der Waals surface area (Å²) in [5.41, 5.74) is 2.43. The standard InChI is InChI=1S/C11H12BrCl3/c1-7(6-11(13,14)15)9-4-3-5-10(12)8(9)2/h3-5,7H,6H2,1-2H3. The minimum absolute atomic E-state index is 0.231. The van der Waals surface area contributed by atoms with Crippen LogP contribution in [0.1, 0.15) is 30.4 Å². The van der Waals surface area contributed by atoms with E-state index in [4.69, 9.17) is 34.8 Å². The highest BCUT2D eigenvalue weighted by Gasteiger charge is 2.24. The van der Waals surface area contributed by atoms with Crippen molar-refractivity contribution in [2.24, 2.45) is 0 Å². The van der Waals surface area contributed by atoms with Crippen molar-refractivity contribution in [3.05, 3.63) is 33.8 Å². The van der Waals surface area contributed by atoms with Gasteiger partial charge in [0, 0.05) is 10.9 Å². The van der Waals surface area contributed by atoms with Crippen molar-refractivity contribution in [3.8, 4) is 0 Å². The number of alkyl halides is 3. The molecule has 0 heterocycles. The molecule has 0 aliphatic rings. The van der Waals surface area contributed by atoms with Gasteiger partial charge in [-0.25, -0.2) is 0 Å². The number of benzene rings is 1. The van der Waals surface area contributed by atoms with E-state index >= 15 is 0 Å². The second kappa shape index (κ2) is 5.27. The van der Waals surface area contributed by atoms with Crippen LogP contribution >= 0.6 is 50.7 Å². The fourth-order valence-electron chi connectivity index (χ4n) is 1.62. The first-order valence-corrected chi connectivity index (χ1v) is 6.55. The Labute approximate surface area is 114 Å². The van der Waals surface area contributed by atoms with E-state index in [2.05, 4.69) is 35.8 Å². The first-order chi connectivity index (χ1) is 6.81. The molecular weight excluding hydrogens is 318 g/mol. The molecule has 0 saturated carbocycles. The van der Waals surface area contributed by atoms with Crippen molar-refractivity contribution in [1.29, 1.82) is 0 Å². The summed E-state index contributed by atoms with van der Waals surface area (Å²) in [4.78, 5) is 0. The summed E-state index contributed by atoms with van der Waals surface area (Å²) in [7, 11) is 0. The van der Waals surface area contributed by atoms with E-state index in [9.17, 15) is 0 Å². The second-order valence-electron chi connectivity index (χ2n) is 3.67. The van der Waals surface area contributed by atoms with Crippen molar-refractivity contribution in [2.75, 3.05) is 0 Å². The summed E-state index contributed by atoms with van der Waals surface area (Å²) >= 11 is 20.9. The molecule has 1 unspecified atom stereocenters. The van der Waals surface area contributed by atoms with Crippen molar-refractivity contribution >= 4 is 50.7 Å². The molecule has 0 aliphatic heterocycles. The van der Waals surface area contributed by atoms with Gasteiger partial charge in [0.2, 0.25) is 0 Å². The summed E-state index contributed by atoms with van der Waals surface area (Å²) in [6.45, 7) is 4.13. The maximum atomic E-state index is 5.79. The quantitative estimate of drug-likeness (QED) is 0.617. The zero-order valence-corrected chi connectivity index (χ0v) is 12.4. The summed E-state index contributed by atoms with van der Waals surface area (Å²) in [6, 6.07) is 6.09. The van der Waals surface area contributed by atoms with Gasteiger partial charge in [0.05, 0.1) is 0 Å². The van der Waals surface area contributed by atoms with E-state index in [1.165, 1.54) is 11.1 Å². The topological polar surface area (TPSA) is 0 Å². The normalized spacial score (nSPS) is 14.0. The van der Waals surface area contributed by atoms with Gasteiger partial charge in [-0.05, 0) is 30.0 Å². The molecule has 4 heteroatoms.